The van der Waals surface area contributed by atoms with E-state index in [1.54, 1.807) is 0 Å². The van der Waals surface area contributed by atoms with E-state index in [4.69, 9.17) is 5.11 Å². The highest BCUT2D eigenvalue weighted by Gasteiger charge is 2.47. The fourth-order valence-electron chi connectivity index (χ4n) is 3.14. The van der Waals surface area contributed by atoms with Crippen LogP contribution in [0, 0.1) is 23.7 Å². The number of carbonyl (C=O) groups excluding carboxylic acids is 1. The zero-order valence-corrected chi connectivity index (χ0v) is 7.81. The first-order valence-electron chi connectivity index (χ1n) is 5.05. The molecule has 0 saturated heterocycles. The molecule has 4 heteroatoms. The van der Waals surface area contributed by atoms with E-state index < -0.39 is 23.8 Å². The summed E-state index contributed by atoms with van der Waals surface area (Å²) in [4.78, 5) is 21.9. The van der Waals surface area contributed by atoms with Crippen LogP contribution in [-0.4, -0.2) is 17.0 Å². The second-order valence-electron chi connectivity index (χ2n) is 4.38. The van der Waals surface area contributed by atoms with Gasteiger partial charge in [-0.3, -0.25) is 4.79 Å². The van der Waals surface area contributed by atoms with Gasteiger partial charge in [0.1, 0.15) is 0 Å². The average molecular weight is 197 g/mol. The molecule has 4 nitrogen and oxygen atoms in total. The van der Waals surface area contributed by atoms with Gasteiger partial charge in [0.25, 0.3) is 0 Å². The molecule has 0 amide bonds. The lowest BCUT2D eigenvalue weighted by Gasteiger charge is -2.47. The maximum Gasteiger partial charge on any atom is 0.307 e. The molecule has 0 heterocycles. The first kappa shape index (κ1) is 9.49. The van der Waals surface area contributed by atoms with Gasteiger partial charge in [-0.2, -0.15) is 0 Å². The number of rotatable bonds is 2. The van der Waals surface area contributed by atoms with Gasteiger partial charge >= 0.3 is 5.97 Å². The van der Waals surface area contributed by atoms with Crippen LogP contribution in [0.1, 0.15) is 25.7 Å². The van der Waals surface area contributed by atoms with Gasteiger partial charge in [-0.15, -0.1) is 0 Å². The lowest BCUT2D eigenvalue weighted by molar-refractivity contribution is -0.318. The highest BCUT2D eigenvalue weighted by atomic mass is 16.4. The number of hydrogen-bond donors (Lipinski definition) is 1. The zero-order chi connectivity index (χ0) is 10.3. The minimum atomic E-state index is -1.17. The quantitative estimate of drug-likeness (QED) is 0.669. The number of carboxylic acid groups (broad SMARTS) is 2. The van der Waals surface area contributed by atoms with Crippen molar-refractivity contribution >= 4 is 11.9 Å². The zero-order valence-electron chi connectivity index (χ0n) is 7.81. The van der Waals surface area contributed by atoms with Crippen LogP contribution in [0.4, 0.5) is 0 Å². The Kier molecular flexibility index (Phi) is 2.21. The SMILES string of the molecule is O=C([O-])C1C2CCC(CC2)C1C(=O)O. The Morgan fingerprint density at radius 2 is 1.43 bits per heavy atom. The molecule has 0 aromatic carbocycles. The maximum atomic E-state index is 11.0. The van der Waals surface area contributed by atoms with E-state index in [0.717, 1.165) is 25.7 Å². The minimum Gasteiger partial charge on any atom is -0.550 e. The van der Waals surface area contributed by atoms with Crippen molar-refractivity contribution in [3.63, 3.8) is 0 Å². The van der Waals surface area contributed by atoms with Crippen LogP contribution in [-0.2, 0) is 9.59 Å². The van der Waals surface area contributed by atoms with Crippen LogP contribution < -0.4 is 5.11 Å². The average Bonchev–Trinajstić information content (AvgIpc) is 2.17. The summed E-state index contributed by atoms with van der Waals surface area (Å²) in [5, 5.41) is 19.9. The number of fused-ring (bicyclic) bond motifs is 3. The molecular weight excluding hydrogens is 184 g/mol. The second-order valence-corrected chi connectivity index (χ2v) is 4.38. The Labute approximate surface area is 81.9 Å². The molecule has 3 fully saturated rings. The van der Waals surface area contributed by atoms with Crippen molar-refractivity contribution < 1.29 is 19.8 Å². The van der Waals surface area contributed by atoms with Crippen LogP contribution in [0.5, 0.6) is 0 Å². The molecule has 0 radical (unpaired) electrons. The number of carboxylic acids is 2. The largest absolute Gasteiger partial charge is 0.550 e. The summed E-state index contributed by atoms with van der Waals surface area (Å²) in [7, 11) is 0. The smallest absolute Gasteiger partial charge is 0.307 e. The van der Waals surface area contributed by atoms with Gasteiger partial charge in [-0.1, -0.05) is 0 Å². The van der Waals surface area contributed by atoms with Crippen molar-refractivity contribution in [3.05, 3.63) is 0 Å². The molecule has 3 saturated carbocycles. The molecule has 0 aromatic rings. The molecule has 0 aliphatic heterocycles. The molecule has 78 valence electrons. The Morgan fingerprint density at radius 1 is 1.00 bits per heavy atom. The Morgan fingerprint density at radius 3 is 1.71 bits per heavy atom. The monoisotopic (exact) mass is 197 g/mol. The summed E-state index contributed by atoms with van der Waals surface area (Å²) in [6, 6.07) is 0. The van der Waals surface area contributed by atoms with E-state index >= 15 is 0 Å². The lowest BCUT2D eigenvalue weighted by atomic mass is 9.58. The van der Waals surface area contributed by atoms with Crippen LogP contribution in [0.3, 0.4) is 0 Å². The van der Waals surface area contributed by atoms with Crippen molar-refractivity contribution in [2.24, 2.45) is 23.7 Å². The molecule has 0 spiro atoms. The van der Waals surface area contributed by atoms with Crippen molar-refractivity contribution in [2.45, 2.75) is 25.7 Å². The third-order valence-corrected chi connectivity index (χ3v) is 3.78. The van der Waals surface area contributed by atoms with Crippen LogP contribution in [0.15, 0.2) is 0 Å². The van der Waals surface area contributed by atoms with Crippen LogP contribution >= 0.6 is 0 Å². The molecule has 0 aromatic heterocycles. The summed E-state index contributed by atoms with van der Waals surface area (Å²) >= 11 is 0. The Balaban J connectivity index is 2.27. The Bertz CT molecular complexity index is 237. The minimum absolute atomic E-state index is 0.0334. The van der Waals surface area contributed by atoms with Crippen LogP contribution in [0.2, 0.25) is 0 Å². The highest BCUT2D eigenvalue weighted by Crippen LogP contribution is 2.48. The Hall–Kier alpha value is -1.06. The summed E-state index contributed by atoms with van der Waals surface area (Å²) in [5.41, 5.74) is 0. The highest BCUT2D eigenvalue weighted by molar-refractivity contribution is 5.80. The van der Waals surface area contributed by atoms with E-state index in [2.05, 4.69) is 0 Å². The topological polar surface area (TPSA) is 77.4 Å². The van der Waals surface area contributed by atoms with Gasteiger partial charge in [0.05, 0.1) is 5.92 Å². The molecule has 14 heavy (non-hydrogen) atoms. The lowest BCUT2D eigenvalue weighted by Crippen LogP contribution is -2.51. The molecule has 3 aliphatic rings. The first-order valence-corrected chi connectivity index (χ1v) is 5.05. The molecule has 2 atom stereocenters. The van der Waals surface area contributed by atoms with Crippen molar-refractivity contribution in [3.8, 4) is 0 Å². The van der Waals surface area contributed by atoms with Crippen molar-refractivity contribution in [1.29, 1.82) is 0 Å². The summed E-state index contributed by atoms with van der Waals surface area (Å²) in [6.45, 7) is 0. The van der Waals surface area contributed by atoms with Crippen molar-refractivity contribution in [2.75, 3.05) is 0 Å². The van der Waals surface area contributed by atoms with Gasteiger partial charge in [-0.05, 0) is 37.5 Å². The molecule has 1 N–H and O–H groups in total. The fraction of sp³-hybridized carbons (Fsp3) is 0.800. The van der Waals surface area contributed by atoms with Gasteiger partial charge in [0.2, 0.25) is 0 Å². The molecule has 2 unspecified atom stereocenters. The van der Waals surface area contributed by atoms with Crippen molar-refractivity contribution in [1.82, 2.24) is 0 Å². The van der Waals surface area contributed by atoms with Gasteiger partial charge < -0.3 is 15.0 Å². The van der Waals surface area contributed by atoms with E-state index in [1.165, 1.54) is 0 Å². The molecular formula is C10H13O4-. The maximum absolute atomic E-state index is 11.0. The summed E-state index contributed by atoms with van der Waals surface area (Å²) in [5.74, 6) is -3.50. The van der Waals surface area contributed by atoms with Gasteiger partial charge in [0.15, 0.2) is 0 Å². The number of carbonyl (C=O) groups is 2. The summed E-state index contributed by atoms with van der Waals surface area (Å²) in [6.07, 6.45) is 3.44. The number of hydrogen-bond acceptors (Lipinski definition) is 3. The molecule has 2 bridgehead atoms. The summed E-state index contributed by atoms with van der Waals surface area (Å²) < 4.78 is 0. The van der Waals surface area contributed by atoms with E-state index in [9.17, 15) is 14.7 Å². The first-order chi connectivity index (χ1) is 6.61. The predicted octanol–water partition coefficient (Wildman–Crippen LogP) is -0.127. The third kappa shape index (κ3) is 1.29. The van der Waals surface area contributed by atoms with Gasteiger partial charge in [-0.25, -0.2) is 0 Å². The van der Waals surface area contributed by atoms with Gasteiger partial charge in [0, 0.05) is 11.9 Å². The molecule has 3 rings (SSSR count). The van der Waals surface area contributed by atoms with E-state index in [1.807, 2.05) is 0 Å². The van der Waals surface area contributed by atoms with E-state index in [0.29, 0.717) is 0 Å². The number of aliphatic carboxylic acids is 2. The second kappa shape index (κ2) is 3.26. The fourth-order valence-corrected chi connectivity index (χ4v) is 3.14. The van der Waals surface area contributed by atoms with E-state index in [-0.39, 0.29) is 11.8 Å². The standard InChI is InChI=1S/C10H14O4/c11-9(12)7-5-1-2-6(4-3-5)8(7)10(13)14/h5-8H,1-4H2,(H,11,12)(H,13,14)/p-1. The third-order valence-electron chi connectivity index (χ3n) is 3.78. The van der Waals surface area contributed by atoms with Crippen LogP contribution in [0.25, 0.3) is 0 Å². The molecule has 3 aliphatic carbocycles. The predicted molar refractivity (Wildman–Crippen MR) is 45.1 cm³/mol. The normalized spacial score (nSPS) is 40.9.